The van der Waals surface area contributed by atoms with Gasteiger partial charge in [0, 0.05) is 18.2 Å². The van der Waals surface area contributed by atoms with Crippen LogP contribution < -0.4 is 4.74 Å². The second kappa shape index (κ2) is 7.45. The first-order chi connectivity index (χ1) is 15.0. The highest BCUT2D eigenvalue weighted by atomic mass is 32.2. The van der Waals surface area contributed by atoms with Crippen molar-refractivity contribution in [2.24, 2.45) is 0 Å². The Balaban J connectivity index is 1.61. The molecule has 2 aromatic carbocycles. The maximum Gasteiger partial charge on any atom is 0.415 e. The third kappa shape index (κ3) is 3.77. The molecular formula is C20H13F4N3O4S. The lowest BCUT2D eigenvalue weighted by molar-refractivity contribution is -0.137. The zero-order chi connectivity index (χ0) is 23.3. The summed E-state index contributed by atoms with van der Waals surface area (Å²) >= 11 is 0. The molecule has 2 atom stereocenters. The summed E-state index contributed by atoms with van der Waals surface area (Å²) in [6.45, 7) is 13.8. The molecule has 0 N–H and O–H groups in total. The third-order valence-corrected chi connectivity index (χ3v) is 7.12. The van der Waals surface area contributed by atoms with Crippen LogP contribution in [0.4, 0.5) is 28.9 Å². The summed E-state index contributed by atoms with van der Waals surface area (Å²) in [5, 5.41) is 0. The first-order valence-corrected chi connectivity index (χ1v) is 10.5. The molecule has 4 rings (SSSR count). The van der Waals surface area contributed by atoms with Crippen LogP contribution in [0.3, 0.4) is 0 Å². The highest BCUT2D eigenvalue weighted by molar-refractivity contribution is 7.89. The fourth-order valence-electron chi connectivity index (χ4n) is 3.47. The largest absolute Gasteiger partial charge is 0.486 e. The van der Waals surface area contributed by atoms with Crippen LogP contribution >= 0.6 is 0 Å². The smallest absolute Gasteiger partial charge is 0.415 e. The molecular weight excluding hydrogens is 454 g/mol. The third-order valence-electron chi connectivity index (χ3n) is 5.26. The van der Waals surface area contributed by atoms with Gasteiger partial charge in [0.1, 0.15) is 23.3 Å². The number of sulfonamides is 1. The first kappa shape index (κ1) is 22.0. The minimum Gasteiger partial charge on any atom is -0.486 e. The summed E-state index contributed by atoms with van der Waals surface area (Å²) in [6.07, 6.45) is -5.54. The normalized spacial score (nSPS) is 23.0. The monoisotopic (exact) mass is 467 g/mol. The van der Waals surface area contributed by atoms with Crippen LogP contribution in [0, 0.1) is 19.0 Å². The van der Waals surface area contributed by atoms with E-state index in [4.69, 9.17) is 22.6 Å². The molecule has 0 saturated carbocycles. The first-order valence-electron chi connectivity index (χ1n) is 9.07. The van der Waals surface area contributed by atoms with Gasteiger partial charge in [-0.05, 0) is 18.2 Å². The highest BCUT2D eigenvalue weighted by Gasteiger charge is 2.61. The summed E-state index contributed by atoms with van der Waals surface area (Å²) in [6, 6.07) is 5.47. The molecule has 2 aliphatic heterocycles. The summed E-state index contributed by atoms with van der Waals surface area (Å²) in [4.78, 5) is 5.42. The van der Waals surface area contributed by atoms with E-state index in [1.54, 1.807) is 0 Å². The maximum atomic E-state index is 13.9. The molecule has 2 fully saturated rings. The van der Waals surface area contributed by atoms with E-state index in [0.717, 1.165) is 16.4 Å². The second-order valence-electron chi connectivity index (χ2n) is 7.27. The van der Waals surface area contributed by atoms with Crippen molar-refractivity contribution in [1.82, 2.24) is 4.31 Å². The molecule has 7 nitrogen and oxygen atoms in total. The lowest BCUT2D eigenvalue weighted by Gasteiger charge is -2.18. The summed E-state index contributed by atoms with van der Waals surface area (Å²) in [5.41, 5.74) is -2.95. The summed E-state index contributed by atoms with van der Waals surface area (Å²) < 4.78 is 91.1. The number of benzene rings is 2. The zero-order valence-electron chi connectivity index (χ0n) is 16.1. The predicted molar refractivity (Wildman–Crippen MR) is 102 cm³/mol. The van der Waals surface area contributed by atoms with E-state index in [9.17, 15) is 26.0 Å². The minimum atomic E-state index is -4.72. The van der Waals surface area contributed by atoms with Gasteiger partial charge in [0.2, 0.25) is 21.4 Å². The molecule has 2 aromatic rings. The molecule has 0 amide bonds. The van der Waals surface area contributed by atoms with Gasteiger partial charge in [0.05, 0.1) is 31.2 Å². The lowest BCUT2D eigenvalue weighted by atomic mass is 10.1. The average molecular weight is 467 g/mol. The van der Waals surface area contributed by atoms with Crippen LogP contribution in [0.25, 0.3) is 9.69 Å². The predicted octanol–water partition coefficient (Wildman–Crippen LogP) is 4.17. The topological polar surface area (TPSA) is 67.9 Å². The van der Waals surface area contributed by atoms with Crippen LogP contribution in [0.2, 0.25) is 0 Å². The SMILES string of the molecule is [C-]#[N+]c1ccc(O[C@H]2CN(S(=O)(=O)c3ccc(C(F)(F)F)cc3[N+]#[C-])C[C@]23CO3)cc1F. The molecule has 166 valence electrons. The summed E-state index contributed by atoms with van der Waals surface area (Å²) in [5.74, 6) is -0.720. The van der Waals surface area contributed by atoms with Gasteiger partial charge in [-0.2, -0.15) is 17.5 Å². The molecule has 0 aromatic heterocycles. The Morgan fingerprint density at radius 3 is 2.38 bits per heavy atom. The zero-order valence-corrected chi connectivity index (χ0v) is 16.9. The molecule has 0 radical (unpaired) electrons. The van der Waals surface area contributed by atoms with Crippen LogP contribution in [0.15, 0.2) is 41.3 Å². The van der Waals surface area contributed by atoms with Crippen LogP contribution in [-0.4, -0.2) is 44.1 Å². The van der Waals surface area contributed by atoms with E-state index in [1.807, 2.05) is 0 Å². The van der Waals surface area contributed by atoms with Crippen molar-refractivity contribution in [2.45, 2.75) is 22.8 Å². The van der Waals surface area contributed by atoms with E-state index in [1.165, 1.54) is 12.1 Å². The van der Waals surface area contributed by atoms with Crippen molar-refractivity contribution in [3.8, 4) is 5.75 Å². The molecule has 0 aliphatic carbocycles. The van der Waals surface area contributed by atoms with Crippen molar-refractivity contribution < 1.29 is 35.5 Å². The van der Waals surface area contributed by atoms with Gasteiger partial charge >= 0.3 is 6.18 Å². The van der Waals surface area contributed by atoms with E-state index in [0.29, 0.717) is 12.1 Å². The van der Waals surface area contributed by atoms with Gasteiger partial charge in [-0.3, -0.25) is 0 Å². The number of hydrogen-bond acceptors (Lipinski definition) is 4. The molecule has 0 bridgehead atoms. The Labute approximate surface area is 180 Å². The molecule has 2 saturated heterocycles. The Morgan fingerprint density at radius 1 is 1.12 bits per heavy atom. The number of rotatable bonds is 4. The Kier molecular flexibility index (Phi) is 5.12. The quantitative estimate of drug-likeness (QED) is 0.385. The fraction of sp³-hybridized carbons (Fsp3) is 0.300. The Hall–Kier alpha value is -3.19. The molecule has 2 heterocycles. The summed E-state index contributed by atoms with van der Waals surface area (Å²) in [7, 11) is -4.34. The van der Waals surface area contributed by atoms with E-state index < -0.39 is 49.9 Å². The lowest BCUT2D eigenvalue weighted by Crippen LogP contribution is -2.33. The number of halogens is 4. The number of ether oxygens (including phenoxy) is 2. The van der Waals surface area contributed by atoms with Crippen molar-refractivity contribution in [3.05, 3.63) is 70.6 Å². The van der Waals surface area contributed by atoms with Crippen LogP contribution in [0.5, 0.6) is 5.75 Å². The van der Waals surface area contributed by atoms with Crippen molar-refractivity contribution >= 4 is 21.4 Å². The van der Waals surface area contributed by atoms with Gasteiger partial charge in [-0.15, -0.1) is 0 Å². The van der Waals surface area contributed by atoms with Crippen molar-refractivity contribution in [2.75, 3.05) is 19.7 Å². The van der Waals surface area contributed by atoms with Crippen LogP contribution in [0.1, 0.15) is 5.56 Å². The number of alkyl halides is 3. The van der Waals surface area contributed by atoms with E-state index >= 15 is 0 Å². The minimum absolute atomic E-state index is 0.0744. The van der Waals surface area contributed by atoms with Gasteiger partial charge in [-0.25, -0.2) is 22.5 Å². The standard InChI is InChI=1S/C20H13F4N3O4S/c1-25-15-5-4-13(8-14(15)21)31-18-9-27(10-19(18)11-30-19)32(28,29)17-6-3-12(20(22,23)24)7-16(17)26-2/h3-8,18H,9-11H2/t18-,19-/m0/s1. The second-order valence-corrected chi connectivity index (χ2v) is 9.18. The maximum absolute atomic E-state index is 13.9. The Morgan fingerprint density at radius 2 is 1.81 bits per heavy atom. The van der Waals surface area contributed by atoms with E-state index in [-0.39, 0.29) is 31.1 Å². The molecule has 12 heteroatoms. The molecule has 32 heavy (non-hydrogen) atoms. The number of hydrogen-bond donors (Lipinski definition) is 0. The van der Waals surface area contributed by atoms with Gasteiger partial charge < -0.3 is 9.47 Å². The highest BCUT2D eigenvalue weighted by Crippen LogP contribution is 2.43. The molecule has 0 unspecified atom stereocenters. The fourth-order valence-corrected chi connectivity index (χ4v) is 5.08. The average Bonchev–Trinajstić information content (AvgIpc) is 3.43. The number of epoxide rings is 1. The van der Waals surface area contributed by atoms with Crippen LogP contribution in [-0.2, 0) is 20.9 Å². The van der Waals surface area contributed by atoms with E-state index in [2.05, 4.69) is 9.69 Å². The van der Waals surface area contributed by atoms with Crippen molar-refractivity contribution in [1.29, 1.82) is 0 Å². The van der Waals surface area contributed by atoms with Gasteiger partial charge in [0.15, 0.2) is 0 Å². The Bertz CT molecular complexity index is 1280. The number of nitrogens with zero attached hydrogens (tertiary/aromatic N) is 3. The van der Waals surface area contributed by atoms with Crippen molar-refractivity contribution in [3.63, 3.8) is 0 Å². The molecule has 1 spiro atoms. The molecule has 2 aliphatic rings. The van der Waals surface area contributed by atoms with Gasteiger partial charge in [-0.1, -0.05) is 12.1 Å². The van der Waals surface area contributed by atoms with Gasteiger partial charge in [0.25, 0.3) is 0 Å².